The number of anilines is 1. The van der Waals surface area contributed by atoms with Crippen molar-refractivity contribution in [1.82, 2.24) is 4.98 Å². The highest BCUT2D eigenvalue weighted by Gasteiger charge is 2.16. The van der Waals surface area contributed by atoms with Gasteiger partial charge in [0.25, 0.3) is 0 Å². The van der Waals surface area contributed by atoms with Crippen molar-refractivity contribution in [2.45, 2.75) is 38.8 Å². The average Bonchev–Trinajstić information content (AvgIpc) is 2.33. The van der Waals surface area contributed by atoms with Crippen LogP contribution in [0, 0.1) is 0 Å². The lowest BCUT2D eigenvalue weighted by Gasteiger charge is -2.20. The second-order valence-electron chi connectivity index (χ2n) is 5.52. The smallest absolute Gasteiger partial charge is 0.412 e. The zero-order chi connectivity index (χ0) is 15.2. The molecule has 3 N–H and O–H groups in total. The Labute approximate surface area is 119 Å². The molecule has 112 valence electrons. The first-order valence-corrected chi connectivity index (χ1v) is 6.51. The van der Waals surface area contributed by atoms with Gasteiger partial charge in [-0.05, 0) is 38.8 Å². The third kappa shape index (κ3) is 5.99. The number of carbonyl (C=O) groups excluding carboxylic acids is 1. The van der Waals surface area contributed by atoms with E-state index in [1.807, 2.05) is 20.8 Å². The van der Waals surface area contributed by atoms with Gasteiger partial charge in [-0.3, -0.25) is 10.3 Å². The van der Waals surface area contributed by atoms with Crippen LogP contribution in [0.15, 0.2) is 18.5 Å². The fourth-order valence-electron chi connectivity index (χ4n) is 1.56. The van der Waals surface area contributed by atoms with Crippen molar-refractivity contribution in [2.24, 2.45) is 5.73 Å². The van der Waals surface area contributed by atoms with Crippen LogP contribution in [0.3, 0.4) is 0 Å². The number of amides is 1. The second-order valence-corrected chi connectivity index (χ2v) is 5.52. The first-order valence-electron chi connectivity index (χ1n) is 6.51. The Hall–Kier alpha value is -1.66. The fourth-order valence-corrected chi connectivity index (χ4v) is 1.56. The van der Waals surface area contributed by atoms with E-state index in [0.717, 1.165) is 5.56 Å². The van der Waals surface area contributed by atoms with Crippen LogP contribution in [-0.4, -0.2) is 30.4 Å². The van der Waals surface area contributed by atoms with Gasteiger partial charge >= 0.3 is 6.09 Å². The standard InChI is InChI=1S/C14H23N3O3/c1-14(2,3)20-13(18)17-11-7-10(8-16-9-11)12(15)5-6-19-4/h7-9,12H,5-6,15H2,1-4H3,(H,17,18). The normalized spacial score (nSPS) is 12.8. The number of hydrogen-bond acceptors (Lipinski definition) is 5. The number of carbonyl (C=O) groups is 1. The van der Waals surface area contributed by atoms with Crippen LogP contribution in [0.25, 0.3) is 0 Å². The average molecular weight is 281 g/mol. The van der Waals surface area contributed by atoms with Gasteiger partial charge in [-0.2, -0.15) is 0 Å². The van der Waals surface area contributed by atoms with E-state index in [1.54, 1.807) is 25.6 Å². The van der Waals surface area contributed by atoms with E-state index in [1.165, 1.54) is 0 Å². The lowest BCUT2D eigenvalue weighted by molar-refractivity contribution is 0.0636. The van der Waals surface area contributed by atoms with Gasteiger partial charge in [-0.25, -0.2) is 4.79 Å². The largest absolute Gasteiger partial charge is 0.444 e. The number of aromatic nitrogens is 1. The predicted molar refractivity (Wildman–Crippen MR) is 77.5 cm³/mol. The Morgan fingerprint density at radius 1 is 1.45 bits per heavy atom. The molecule has 1 unspecified atom stereocenters. The molecular formula is C14H23N3O3. The monoisotopic (exact) mass is 281 g/mol. The van der Waals surface area contributed by atoms with Crippen molar-refractivity contribution in [3.8, 4) is 0 Å². The molecule has 6 heteroatoms. The Kier molecular flexibility index (Phi) is 5.91. The zero-order valence-corrected chi connectivity index (χ0v) is 12.5. The summed E-state index contributed by atoms with van der Waals surface area (Å²) < 4.78 is 10.2. The van der Waals surface area contributed by atoms with Crippen molar-refractivity contribution < 1.29 is 14.3 Å². The molecule has 1 aromatic heterocycles. The molecule has 0 aliphatic heterocycles. The molecule has 0 saturated carbocycles. The Morgan fingerprint density at radius 3 is 2.75 bits per heavy atom. The number of nitrogens with zero attached hydrogens (tertiary/aromatic N) is 1. The number of pyridine rings is 1. The van der Waals surface area contributed by atoms with Crippen molar-refractivity contribution in [3.63, 3.8) is 0 Å². The molecule has 1 heterocycles. The minimum Gasteiger partial charge on any atom is -0.444 e. The van der Waals surface area contributed by atoms with Crippen LogP contribution in [0.1, 0.15) is 38.8 Å². The van der Waals surface area contributed by atoms with E-state index in [2.05, 4.69) is 10.3 Å². The summed E-state index contributed by atoms with van der Waals surface area (Å²) in [7, 11) is 1.63. The molecule has 1 rings (SSSR count). The van der Waals surface area contributed by atoms with Crippen LogP contribution in [0.4, 0.5) is 10.5 Å². The molecule has 20 heavy (non-hydrogen) atoms. The van der Waals surface area contributed by atoms with E-state index >= 15 is 0 Å². The van der Waals surface area contributed by atoms with Crippen LogP contribution in [-0.2, 0) is 9.47 Å². The highest BCUT2D eigenvalue weighted by Crippen LogP contribution is 2.18. The molecule has 6 nitrogen and oxygen atoms in total. The molecule has 0 fully saturated rings. The maximum absolute atomic E-state index is 11.7. The number of hydrogen-bond donors (Lipinski definition) is 2. The van der Waals surface area contributed by atoms with Crippen molar-refractivity contribution in [2.75, 3.05) is 19.0 Å². The second kappa shape index (κ2) is 7.21. The highest BCUT2D eigenvalue weighted by molar-refractivity contribution is 5.84. The van der Waals surface area contributed by atoms with Crippen LogP contribution >= 0.6 is 0 Å². The first-order chi connectivity index (χ1) is 9.31. The van der Waals surface area contributed by atoms with Gasteiger partial charge < -0.3 is 15.2 Å². The van der Waals surface area contributed by atoms with E-state index in [4.69, 9.17) is 15.2 Å². The van der Waals surface area contributed by atoms with Crippen LogP contribution < -0.4 is 11.1 Å². The van der Waals surface area contributed by atoms with Crippen molar-refractivity contribution in [3.05, 3.63) is 24.0 Å². The molecule has 1 atom stereocenters. The third-order valence-corrected chi connectivity index (χ3v) is 2.47. The molecular weight excluding hydrogens is 258 g/mol. The fraction of sp³-hybridized carbons (Fsp3) is 0.571. The lowest BCUT2D eigenvalue weighted by atomic mass is 10.1. The summed E-state index contributed by atoms with van der Waals surface area (Å²) in [4.78, 5) is 15.7. The van der Waals surface area contributed by atoms with E-state index in [-0.39, 0.29) is 6.04 Å². The Morgan fingerprint density at radius 2 is 2.15 bits per heavy atom. The molecule has 1 aromatic rings. The quantitative estimate of drug-likeness (QED) is 0.865. The molecule has 0 aromatic carbocycles. The van der Waals surface area contributed by atoms with Gasteiger partial charge in [-0.1, -0.05) is 0 Å². The predicted octanol–water partition coefficient (Wildman–Crippen LogP) is 2.46. The van der Waals surface area contributed by atoms with Gasteiger partial charge in [0, 0.05) is 26.0 Å². The van der Waals surface area contributed by atoms with Gasteiger partial charge in [0.05, 0.1) is 11.9 Å². The molecule has 0 radical (unpaired) electrons. The summed E-state index contributed by atoms with van der Waals surface area (Å²) in [6.45, 7) is 6.00. The molecule has 0 saturated heterocycles. The van der Waals surface area contributed by atoms with Gasteiger partial charge in [0.1, 0.15) is 5.60 Å². The van der Waals surface area contributed by atoms with Crippen LogP contribution in [0.2, 0.25) is 0 Å². The summed E-state index contributed by atoms with van der Waals surface area (Å²) in [6.07, 6.45) is 3.41. The molecule has 0 bridgehead atoms. The summed E-state index contributed by atoms with van der Waals surface area (Å²) in [5.41, 5.74) is 6.88. The zero-order valence-electron chi connectivity index (χ0n) is 12.5. The Balaban J connectivity index is 2.66. The minimum absolute atomic E-state index is 0.178. The number of methoxy groups -OCH3 is 1. The van der Waals surface area contributed by atoms with Gasteiger partial charge in [0.2, 0.25) is 0 Å². The number of ether oxygens (including phenoxy) is 2. The third-order valence-electron chi connectivity index (χ3n) is 2.47. The van der Waals surface area contributed by atoms with Crippen molar-refractivity contribution >= 4 is 11.8 Å². The molecule has 0 spiro atoms. The number of nitrogens with one attached hydrogen (secondary N) is 1. The van der Waals surface area contributed by atoms with E-state index in [9.17, 15) is 4.79 Å². The Bertz CT molecular complexity index is 444. The summed E-state index contributed by atoms with van der Waals surface area (Å²) in [5, 5.41) is 2.64. The highest BCUT2D eigenvalue weighted by atomic mass is 16.6. The van der Waals surface area contributed by atoms with Gasteiger partial charge in [0.15, 0.2) is 0 Å². The van der Waals surface area contributed by atoms with E-state index in [0.29, 0.717) is 18.7 Å². The summed E-state index contributed by atoms with van der Waals surface area (Å²) in [6, 6.07) is 1.61. The maximum Gasteiger partial charge on any atom is 0.412 e. The summed E-state index contributed by atoms with van der Waals surface area (Å²) in [5.74, 6) is 0. The SMILES string of the molecule is COCCC(N)c1cncc(NC(=O)OC(C)(C)C)c1. The van der Waals surface area contributed by atoms with Crippen LogP contribution in [0.5, 0.6) is 0 Å². The van der Waals surface area contributed by atoms with Crippen molar-refractivity contribution in [1.29, 1.82) is 0 Å². The molecule has 0 aliphatic carbocycles. The molecule has 0 aliphatic rings. The lowest BCUT2D eigenvalue weighted by Crippen LogP contribution is -2.27. The maximum atomic E-state index is 11.7. The minimum atomic E-state index is -0.538. The van der Waals surface area contributed by atoms with Gasteiger partial charge in [-0.15, -0.1) is 0 Å². The topological polar surface area (TPSA) is 86.5 Å². The molecule has 1 amide bonds. The number of rotatable bonds is 5. The number of nitrogens with two attached hydrogens (primary N) is 1. The summed E-state index contributed by atoms with van der Waals surface area (Å²) >= 11 is 0. The van der Waals surface area contributed by atoms with E-state index < -0.39 is 11.7 Å². The first kappa shape index (κ1) is 16.4.